The van der Waals surface area contributed by atoms with E-state index in [-0.39, 0.29) is 0 Å². The van der Waals surface area contributed by atoms with E-state index in [1.165, 1.54) is 0 Å². The van der Waals surface area contributed by atoms with Crippen molar-refractivity contribution in [3.05, 3.63) is 24.3 Å². The molecule has 3 aromatic rings. The Labute approximate surface area is 103 Å². The van der Waals surface area contributed by atoms with Crippen LogP contribution in [0.1, 0.15) is 0 Å². The molecule has 0 fully saturated rings. The third-order valence-corrected chi connectivity index (χ3v) is 2.88. The number of nitrogens with two attached hydrogens (primary N) is 4. The fraction of sp³-hybridized carbons (Fsp3) is 0. The third-order valence-electron chi connectivity index (χ3n) is 2.88. The van der Waals surface area contributed by atoms with Crippen molar-refractivity contribution >= 4 is 44.8 Å². The summed E-state index contributed by atoms with van der Waals surface area (Å²) in [7, 11) is 0. The van der Waals surface area contributed by atoms with Crippen LogP contribution in [0.15, 0.2) is 24.3 Å². The predicted molar refractivity (Wildman–Crippen MR) is 74.7 cm³/mol. The fourth-order valence-electron chi connectivity index (χ4n) is 1.86. The Bertz CT molecular complexity index is 780. The van der Waals surface area contributed by atoms with E-state index in [1.54, 1.807) is 24.3 Å². The molecule has 0 bridgehead atoms. The zero-order valence-corrected chi connectivity index (χ0v) is 9.51. The average Bonchev–Trinajstić information content (AvgIpc) is 2.34. The summed E-state index contributed by atoms with van der Waals surface area (Å²) >= 11 is 0. The number of hydrogen-bond donors (Lipinski definition) is 4. The van der Waals surface area contributed by atoms with Crippen molar-refractivity contribution in [2.75, 3.05) is 22.9 Å². The van der Waals surface area contributed by atoms with Gasteiger partial charge in [-0.25, -0.2) is 9.97 Å². The molecule has 0 amide bonds. The Balaban J connectivity index is 2.47. The first-order valence-electron chi connectivity index (χ1n) is 5.36. The van der Waals surface area contributed by atoms with Gasteiger partial charge in [0.2, 0.25) is 0 Å². The second kappa shape index (κ2) is 3.36. The van der Waals surface area contributed by atoms with Crippen molar-refractivity contribution in [2.45, 2.75) is 0 Å². The molecule has 90 valence electrons. The molecule has 6 nitrogen and oxygen atoms in total. The summed E-state index contributed by atoms with van der Waals surface area (Å²) in [5.41, 5.74) is 27.6. The zero-order valence-electron chi connectivity index (χ0n) is 9.51. The highest BCUT2D eigenvalue weighted by Gasteiger charge is 2.08. The molecule has 0 aliphatic rings. The lowest BCUT2D eigenvalue weighted by Crippen LogP contribution is -2.00. The van der Waals surface area contributed by atoms with Crippen LogP contribution in [-0.4, -0.2) is 9.97 Å². The highest BCUT2D eigenvalue weighted by molar-refractivity contribution is 5.98. The lowest BCUT2D eigenvalue weighted by molar-refractivity contribution is 1.40. The van der Waals surface area contributed by atoms with E-state index in [9.17, 15) is 0 Å². The van der Waals surface area contributed by atoms with Crippen LogP contribution in [0, 0.1) is 0 Å². The highest BCUT2D eigenvalue weighted by atomic mass is 14.8. The van der Waals surface area contributed by atoms with Crippen molar-refractivity contribution in [3.63, 3.8) is 0 Å². The van der Waals surface area contributed by atoms with Gasteiger partial charge in [0.15, 0.2) is 0 Å². The second-order valence-electron chi connectivity index (χ2n) is 4.13. The molecule has 0 unspecified atom stereocenters. The smallest absolute Gasteiger partial charge is 0.114 e. The van der Waals surface area contributed by atoms with Crippen LogP contribution in [0.3, 0.4) is 0 Å². The number of nitrogens with zero attached hydrogens (tertiary/aromatic N) is 2. The SMILES string of the molecule is Nc1cc2nc3ccc(N)c(N)c3nc2cc1N. The van der Waals surface area contributed by atoms with Gasteiger partial charge in [0.1, 0.15) is 5.52 Å². The molecule has 8 N–H and O–H groups in total. The molecule has 0 radical (unpaired) electrons. The maximum atomic E-state index is 5.89. The number of nitrogen functional groups attached to an aromatic ring is 4. The molecular formula is C12H12N6. The number of benzene rings is 2. The molecule has 18 heavy (non-hydrogen) atoms. The standard InChI is InChI=1S/C12H12N6/c13-5-1-2-8-12(11(5)16)18-10-4-7(15)6(14)3-9(10)17-8/h1-4H,13-16H2. The summed E-state index contributed by atoms with van der Waals surface area (Å²) in [6, 6.07) is 6.86. The number of hydrogen-bond acceptors (Lipinski definition) is 6. The van der Waals surface area contributed by atoms with Crippen molar-refractivity contribution in [3.8, 4) is 0 Å². The summed E-state index contributed by atoms with van der Waals surface area (Å²) in [6.45, 7) is 0. The summed E-state index contributed by atoms with van der Waals surface area (Å²) in [5.74, 6) is 0. The van der Waals surface area contributed by atoms with Gasteiger partial charge in [0.25, 0.3) is 0 Å². The molecule has 2 aromatic carbocycles. The first kappa shape index (κ1) is 10.4. The summed E-state index contributed by atoms with van der Waals surface area (Å²) in [5, 5.41) is 0. The summed E-state index contributed by atoms with van der Waals surface area (Å²) < 4.78 is 0. The number of anilines is 4. The first-order valence-corrected chi connectivity index (χ1v) is 5.36. The highest BCUT2D eigenvalue weighted by Crippen LogP contribution is 2.28. The van der Waals surface area contributed by atoms with Crippen molar-refractivity contribution in [1.29, 1.82) is 0 Å². The van der Waals surface area contributed by atoms with Crippen LogP contribution < -0.4 is 22.9 Å². The second-order valence-corrected chi connectivity index (χ2v) is 4.13. The maximum Gasteiger partial charge on any atom is 0.114 e. The monoisotopic (exact) mass is 240 g/mol. The van der Waals surface area contributed by atoms with Crippen molar-refractivity contribution in [1.82, 2.24) is 9.97 Å². The third kappa shape index (κ3) is 1.36. The Morgan fingerprint density at radius 1 is 0.667 bits per heavy atom. The van der Waals surface area contributed by atoms with Gasteiger partial charge in [0, 0.05) is 0 Å². The summed E-state index contributed by atoms with van der Waals surface area (Å²) in [6.07, 6.45) is 0. The molecule has 3 rings (SSSR count). The van der Waals surface area contributed by atoms with Crippen LogP contribution in [0.5, 0.6) is 0 Å². The topological polar surface area (TPSA) is 130 Å². The minimum absolute atomic E-state index is 0.428. The molecule has 0 aliphatic carbocycles. The van der Waals surface area contributed by atoms with Gasteiger partial charge in [-0.15, -0.1) is 0 Å². The largest absolute Gasteiger partial charge is 0.397 e. The van der Waals surface area contributed by atoms with Crippen LogP contribution in [-0.2, 0) is 0 Å². The molecule has 0 atom stereocenters. The molecule has 0 saturated heterocycles. The van der Waals surface area contributed by atoms with E-state index in [0.717, 1.165) is 0 Å². The van der Waals surface area contributed by atoms with Gasteiger partial charge in [0.05, 0.1) is 39.3 Å². The molecule has 0 saturated carbocycles. The molecule has 0 aliphatic heterocycles. The van der Waals surface area contributed by atoms with Gasteiger partial charge in [-0.3, -0.25) is 0 Å². The number of rotatable bonds is 0. The van der Waals surface area contributed by atoms with Gasteiger partial charge in [-0.05, 0) is 24.3 Å². The van der Waals surface area contributed by atoms with Crippen LogP contribution >= 0.6 is 0 Å². The maximum absolute atomic E-state index is 5.89. The van der Waals surface area contributed by atoms with E-state index < -0.39 is 0 Å². The van der Waals surface area contributed by atoms with E-state index in [1.807, 2.05) is 0 Å². The first-order chi connectivity index (χ1) is 8.56. The normalized spacial score (nSPS) is 11.1. The quantitative estimate of drug-likeness (QED) is 0.344. The molecular weight excluding hydrogens is 228 g/mol. The molecule has 1 heterocycles. The lowest BCUT2D eigenvalue weighted by atomic mass is 10.2. The van der Waals surface area contributed by atoms with Gasteiger partial charge < -0.3 is 22.9 Å². The fourth-order valence-corrected chi connectivity index (χ4v) is 1.86. The summed E-state index contributed by atoms with van der Waals surface area (Å²) in [4.78, 5) is 8.88. The lowest BCUT2D eigenvalue weighted by Gasteiger charge is -2.07. The van der Waals surface area contributed by atoms with Crippen LogP contribution in [0.25, 0.3) is 22.1 Å². The van der Waals surface area contributed by atoms with E-state index in [4.69, 9.17) is 22.9 Å². The minimum Gasteiger partial charge on any atom is -0.397 e. The average molecular weight is 240 g/mol. The van der Waals surface area contributed by atoms with Gasteiger partial charge >= 0.3 is 0 Å². The molecule has 6 heteroatoms. The zero-order chi connectivity index (χ0) is 12.9. The van der Waals surface area contributed by atoms with Crippen LogP contribution in [0.2, 0.25) is 0 Å². The van der Waals surface area contributed by atoms with E-state index in [2.05, 4.69) is 9.97 Å². The van der Waals surface area contributed by atoms with Crippen LogP contribution in [0.4, 0.5) is 22.7 Å². The predicted octanol–water partition coefficient (Wildman–Crippen LogP) is 1.11. The Hall–Kier alpha value is -2.76. The number of fused-ring (bicyclic) bond motifs is 2. The van der Waals surface area contributed by atoms with Crippen molar-refractivity contribution in [2.24, 2.45) is 0 Å². The number of aromatic nitrogens is 2. The van der Waals surface area contributed by atoms with E-state index >= 15 is 0 Å². The minimum atomic E-state index is 0.428. The van der Waals surface area contributed by atoms with Gasteiger partial charge in [-0.2, -0.15) is 0 Å². The van der Waals surface area contributed by atoms with E-state index in [0.29, 0.717) is 44.8 Å². The molecule has 0 spiro atoms. The Kier molecular flexibility index (Phi) is 1.94. The molecule has 1 aromatic heterocycles. The Morgan fingerprint density at radius 2 is 1.28 bits per heavy atom. The van der Waals surface area contributed by atoms with Crippen molar-refractivity contribution < 1.29 is 0 Å². The Morgan fingerprint density at radius 3 is 1.94 bits per heavy atom. The van der Waals surface area contributed by atoms with Gasteiger partial charge in [-0.1, -0.05) is 0 Å².